The van der Waals surface area contributed by atoms with Crippen molar-refractivity contribution in [3.05, 3.63) is 98.1 Å². The van der Waals surface area contributed by atoms with Gasteiger partial charge in [0.05, 0.1) is 21.7 Å². The van der Waals surface area contributed by atoms with E-state index in [0.717, 1.165) is 11.1 Å². The van der Waals surface area contributed by atoms with Gasteiger partial charge in [-0.25, -0.2) is 9.79 Å². The van der Waals surface area contributed by atoms with Gasteiger partial charge in [0.2, 0.25) is 5.90 Å². The Kier molecular flexibility index (Phi) is 7.16. The molecule has 1 heterocycles. The van der Waals surface area contributed by atoms with Crippen LogP contribution in [0.25, 0.3) is 6.08 Å². The Labute approximate surface area is 205 Å². The van der Waals surface area contributed by atoms with Crippen molar-refractivity contribution >= 4 is 45.5 Å². The summed E-state index contributed by atoms with van der Waals surface area (Å²) in [6.45, 7) is 4.82. The number of rotatable bonds is 7. The van der Waals surface area contributed by atoms with E-state index in [-0.39, 0.29) is 11.6 Å². The Morgan fingerprint density at radius 2 is 1.85 bits per heavy atom. The average molecular weight is 527 g/mol. The molecule has 3 aromatic rings. The topological polar surface area (TPSA) is 57.1 Å². The Morgan fingerprint density at radius 1 is 1.09 bits per heavy atom. The number of esters is 1. The fourth-order valence-electron chi connectivity index (χ4n) is 3.31. The van der Waals surface area contributed by atoms with Crippen LogP contribution in [0, 0.1) is 6.92 Å². The van der Waals surface area contributed by atoms with Crippen LogP contribution >= 0.6 is 27.5 Å². The van der Waals surface area contributed by atoms with Crippen LogP contribution in [-0.2, 0) is 16.1 Å². The number of nitrogens with zero attached hydrogens (tertiary/aromatic N) is 1. The molecule has 168 valence electrons. The summed E-state index contributed by atoms with van der Waals surface area (Å²) in [5.41, 5.74) is 3.69. The summed E-state index contributed by atoms with van der Waals surface area (Å²) >= 11 is 9.79. The molecule has 7 heteroatoms. The van der Waals surface area contributed by atoms with E-state index in [2.05, 4.69) is 20.9 Å². The molecule has 0 amide bonds. The Morgan fingerprint density at radius 3 is 2.61 bits per heavy atom. The van der Waals surface area contributed by atoms with Crippen LogP contribution in [0.1, 0.15) is 29.2 Å². The van der Waals surface area contributed by atoms with Gasteiger partial charge in [-0.1, -0.05) is 48.0 Å². The van der Waals surface area contributed by atoms with Crippen LogP contribution in [0.4, 0.5) is 0 Å². The largest absolute Gasteiger partial charge is 0.490 e. The Balaban J connectivity index is 1.63. The van der Waals surface area contributed by atoms with E-state index < -0.39 is 5.97 Å². The lowest BCUT2D eigenvalue weighted by Gasteiger charge is -2.15. The van der Waals surface area contributed by atoms with E-state index in [0.29, 0.717) is 45.3 Å². The fraction of sp³-hybridized carbons (Fsp3) is 0.154. The van der Waals surface area contributed by atoms with Gasteiger partial charge < -0.3 is 14.2 Å². The minimum absolute atomic E-state index is 0.174. The number of hydrogen-bond donors (Lipinski definition) is 0. The lowest BCUT2D eigenvalue weighted by Crippen LogP contribution is -2.05. The van der Waals surface area contributed by atoms with Crippen LogP contribution in [0.15, 0.2) is 75.8 Å². The molecule has 0 saturated heterocycles. The van der Waals surface area contributed by atoms with Gasteiger partial charge in [0, 0.05) is 0 Å². The predicted molar refractivity (Wildman–Crippen MR) is 133 cm³/mol. The highest BCUT2D eigenvalue weighted by molar-refractivity contribution is 9.10. The molecular formula is C26H21BrClNO4. The molecule has 4 rings (SSSR count). The second-order valence-corrected chi connectivity index (χ2v) is 8.56. The van der Waals surface area contributed by atoms with Crippen molar-refractivity contribution in [2.24, 2.45) is 4.99 Å². The van der Waals surface area contributed by atoms with Gasteiger partial charge in [-0.2, -0.15) is 0 Å². The number of hydrogen-bond acceptors (Lipinski definition) is 5. The maximum atomic E-state index is 12.4. The number of carbonyl (C=O) groups is 1. The highest BCUT2D eigenvalue weighted by Gasteiger charge is 2.25. The molecule has 0 bridgehead atoms. The summed E-state index contributed by atoms with van der Waals surface area (Å²) < 4.78 is 18.0. The SMILES string of the molecule is CCOc1cc(/C=C2\N=C(c3ccccc3Cl)OC2=O)cc(Br)c1OCc1ccccc1C. The molecule has 0 radical (unpaired) electrons. The third kappa shape index (κ3) is 5.29. The Hall–Kier alpha value is -3.09. The van der Waals surface area contributed by atoms with Crippen LogP contribution in [0.3, 0.4) is 0 Å². The standard InChI is InChI=1S/C26H21BrClNO4/c1-3-31-23-14-17(12-20(27)24(23)32-15-18-9-5-4-8-16(18)2)13-22-26(30)33-25(29-22)19-10-6-7-11-21(19)28/h4-14H,3,15H2,1-2H3/b22-13-. The van der Waals surface area contributed by atoms with Crippen molar-refractivity contribution in [2.75, 3.05) is 6.61 Å². The number of carbonyl (C=O) groups excluding carboxylic acids is 1. The molecule has 0 unspecified atom stereocenters. The summed E-state index contributed by atoms with van der Waals surface area (Å²) in [4.78, 5) is 16.8. The molecule has 0 fully saturated rings. The van der Waals surface area contributed by atoms with Crippen molar-refractivity contribution in [3.63, 3.8) is 0 Å². The third-order valence-electron chi connectivity index (χ3n) is 4.99. The smallest absolute Gasteiger partial charge is 0.363 e. The zero-order valence-corrected chi connectivity index (χ0v) is 20.4. The molecule has 0 saturated carbocycles. The Bertz CT molecular complexity index is 1270. The molecule has 0 aromatic heterocycles. The normalized spacial score (nSPS) is 14.2. The van der Waals surface area contributed by atoms with Crippen LogP contribution < -0.4 is 9.47 Å². The lowest BCUT2D eigenvalue weighted by molar-refractivity contribution is -0.129. The fourth-order valence-corrected chi connectivity index (χ4v) is 4.10. The third-order valence-corrected chi connectivity index (χ3v) is 5.91. The molecule has 33 heavy (non-hydrogen) atoms. The van der Waals surface area contributed by atoms with E-state index in [1.807, 2.05) is 50.2 Å². The average Bonchev–Trinajstić information content (AvgIpc) is 3.14. The van der Waals surface area contributed by atoms with Crippen LogP contribution in [0.2, 0.25) is 5.02 Å². The first kappa shape index (κ1) is 23.1. The molecule has 0 aliphatic carbocycles. The van der Waals surface area contributed by atoms with Gasteiger partial charge in [-0.3, -0.25) is 0 Å². The molecule has 0 atom stereocenters. The highest BCUT2D eigenvalue weighted by Crippen LogP contribution is 2.38. The minimum atomic E-state index is -0.543. The molecule has 5 nitrogen and oxygen atoms in total. The number of ether oxygens (including phenoxy) is 3. The summed E-state index contributed by atoms with van der Waals surface area (Å²) in [6.07, 6.45) is 1.64. The summed E-state index contributed by atoms with van der Waals surface area (Å²) in [5, 5.41) is 0.460. The first-order valence-corrected chi connectivity index (χ1v) is 11.5. The number of benzene rings is 3. The highest BCUT2D eigenvalue weighted by atomic mass is 79.9. The number of halogens is 2. The minimum Gasteiger partial charge on any atom is -0.490 e. The van der Waals surface area contributed by atoms with E-state index in [1.54, 1.807) is 30.3 Å². The van der Waals surface area contributed by atoms with Crippen LogP contribution in [0.5, 0.6) is 11.5 Å². The molecule has 3 aromatic carbocycles. The summed E-state index contributed by atoms with van der Waals surface area (Å²) in [7, 11) is 0. The van der Waals surface area contributed by atoms with E-state index in [9.17, 15) is 4.79 Å². The van der Waals surface area contributed by atoms with E-state index in [1.165, 1.54) is 0 Å². The molecule has 1 aliphatic heterocycles. The molecular weight excluding hydrogens is 506 g/mol. The second-order valence-electron chi connectivity index (χ2n) is 7.29. The number of aliphatic imine (C=N–C) groups is 1. The van der Waals surface area contributed by atoms with Gasteiger partial charge in [0.15, 0.2) is 17.2 Å². The lowest BCUT2D eigenvalue weighted by atomic mass is 10.1. The van der Waals surface area contributed by atoms with E-state index >= 15 is 0 Å². The van der Waals surface area contributed by atoms with Crippen molar-refractivity contribution in [1.29, 1.82) is 0 Å². The number of cyclic esters (lactones) is 1. The van der Waals surface area contributed by atoms with Gasteiger partial charge in [0.25, 0.3) is 0 Å². The van der Waals surface area contributed by atoms with Gasteiger partial charge in [-0.15, -0.1) is 0 Å². The van der Waals surface area contributed by atoms with Crippen molar-refractivity contribution in [1.82, 2.24) is 0 Å². The maximum absolute atomic E-state index is 12.4. The maximum Gasteiger partial charge on any atom is 0.363 e. The van der Waals surface area contributed by atoms with Crippen molar-refractivity contribution < 1.29 is 19.0 Å². The summed E-state index contributed by atoms with van der Waals surface area (Å²) in [6, 6.07) is 18.8. The van der Waals surface area contributed by atoms with Crippen molar-refractivity contribution in [3.8, 4) is 11.5 Å². The molecule has 0 N–H and O–H groups in total. The van der Waals surface area contributed by atoms with Gasteiger partial charge in [0.1, 0.15) is 6.61 Å². The van der Waals surface area contributed by atoms with Gasteiger partial charge >= 0.3 is 5.97 Å². The molecule has 0 spiro atoms. The van der Waals surface area contributed by atoms with Crippen LogP contribution in [-0.4, -0.2) is 18.5 Å². The monoisotopic (exact) mass is 525 g/mol. The molecule has 1 aliphatic rings. The van der Waals surface area contributed by atoms with Crippen molar-refractivity contribution in [2.45, 2.75) is 20.5 Å². The van der Waals surface area contributed by atoms with Gasteiger partial charge in [-0.05, 0) is 76.8 Å². The quantitative estimate of drug-likeness (QED) is 0.253. The first-order chi connectivity index (χ1) is 16.0. The summed E-state index contributed by atoms with van der Waals surface area (Å²) in [5.74, 6) is 0.795. The predicted octanol–water partition coefficient (Wildman–Crippen LogP) is 6.73. The second kappa shape index (κ2) is 10.2. The zero-order valence-electron chi connectivity index (χ0n) is 18.1. The zero-order chi connectivity index (χ0) is 23.4. The van der Waals surface area contributed by atoms with E-state index in [4.69, 9.17) is 25.8 Å². The number of aryl methyl sites for hydroxylation is 1. The first-order valence-electron chi connectivity index (χ1n) is 10.4.